The molecule has 2 nitrogen and oxygen atoms in total. The Hall–Kier alpha value is -3.20. The van der Waals surface area contributed by atoms with Gasteiger partial charge in [-0.1, -0.05) is 148 Å². The lowest BCUT2D eigenvalue weighted by Gasteiger charge is -2.25. The average Bonchev–Trinajstić information content (AvgIpc) is 3.10. The maximum atomic E-state index is 9.68. The second-order valence-corrected chi connectivity index (χ2v) is 15.1. The van der Waals surface area contributed by atoms with Crippen molar-refractivity contribution in [3.63, 3.8) is 0 Å². The van der Waals surface area contributed by atoms with Crippen molar-refractivity contribution >= 4 is 0 Å². The second-order valence-electron chi connectivity index (χ2n) is 15.1. The highest BCUT2D eigenvalue weighted by Crippen LogP contribution is 2.36. The van der Waals surface area contributed by atoms with E-state index in [0.29, 0.717) is 25.0 Å². The number of benzene rings is 4. The van der Waals surface area contributed by atoms with Gasteiger partial charge in [0.05, 0.1) is 0 Å². The Morgan fingerprint density at radius 1 is 0.354 bits per heavy atom. The first-order chi connectivity index (χ1) is 23.7. The molecule has 2 saturated carbocycles. The molecule has 6 rings (SSSR count). The van der Waals surface area contributed by atoms with Crippen LogP contribution >= 0.6 is 0 Å². The fourth-order valence-corrected chi connectivity index (χ4v) is 8.95. The van der Waals surface area contributed by atoms with Gasteiger partial charge in [-0.2, -0.15) is 0 Å². The van der Waals surface area contributed by atoms with Gasteiger partial charge in [0.2, 0.25) is 0 Å². The summed E-state index contributed by atoms with van der Waals surface area (Å²) in [5.41, 5.74) is 11.5. The van der Waals surface area contributed by atoms with Crippen LogP contribution in [0.2, 0.25) is 0 Å². The standard InChI is InChI=1S/C46H58O2/c47-33-37-17-9-13-35(14-10-18-37)31-41-23-3-7-27-45(41)43-25-5-1-21-39(43)29-30-40-22-2-6-26-44(40)46-28-8-4-24-42(46)32-36-15-11-19-38(34-48)20-12-16-36/h1-8,21-28,35-38,47-48H,9-20,29-34H2. The van der Waals surface area contributed by atoms with E-state index in [-0.39, 0.29) is 0 Å². The van der Waals surface area contributed by atoms with E-state index in [2.05, 4.69) is 97.1 Å². The molecule has 0 saturated heterocycles. The summed E-state index contributed by atoms with van der Waals surface area (Å²) in [6.45, 7) is 0.712. The number of aliphatic hydroxyl groups is 2. The summed E-state index contributed by atoms with van der Waals surface area (Å²) in [6.07, 6.45) is 19.1. The molecule has 0 aromatic heterocycles. The number of hydrogen-bond donors (Lipinski definition) is 2. The van der Waals surface area contributed by atoms with Gasteiger partial charge in [-0.3, -0.25) is 0 Å². The number of aliphatic hydroxyl groups excluding tert-OH is 2. The van der Waals surface area contributed by atoms with Crippen LogP contribution in [0.1, 0.15) is 99.3 Å². The predicted octanol–water partition coefficient (Wildman–Crippen LogP) is 11.0. The summed E-state index contributed by atoms with van der Waals surface area (Å²) >= 11 is 0. The van der Waals surface area contributed by atoms with Crippen molar-refractivity contribution in [2.45, 2.75) is 103 Å². The molecule has 2 fully saturated rings. The van der Waals surface area contributed by atoms with Crippen LogP contribution < -0.4 is 0 Å². The highest BCUT2D eigenvalue weighted by atomic mass is 16.3. The molecule has 0 atom stereocenters. The summed E-state index contributed by atoms with van der Waals surface area (Å²) in [7, 11) is 0. The molecule has 0 aliphatic heterocycles. The van der Waals surface area contributed by atoms with E-state index in [1.807, 2.05) is 0 Å². The van der Waals surface area contributed by atoms with Crippen molar-refractivity contribution in [2.75, 3.05) is 13.2 Å². The number of aryl methyl sites for hydroxylation is 2. The lowest BCUT2D eigenvalue weighted by atomic mass is 9.81. The molecule has 0 bridgehead atoms. The summed E-state index contributed by atoms with van der Waals surface area (Å²) in [4.78, 5) is 0. The fourth-order valence-electron chi connectivity index (χ4n) is 8.95. The normalized spacial score (nSPS) is 22.3. The molecule has 0 unspecified atom stereocenters. The third-order valence-corrected chi connectivity index (χ3v) is 11.7. The van der Waals surface area contributed by atoms with E-state index in [4.69, 9.17) is 0 Å². The lowest BCUT2D eigenvalue weighted by molar-refractivity contribution is 0.190. The quantitative estimate of drug-likeness (QED) is 0.171. The first-order valence-electron chi connectivity index (χ1n) is 19.3. The average molecular weight is 643 g/mol. The Bertz CT molecular complexity index is 1420. The fraction of sp³-hybridized carbons (Fsp3) is 0.478. The van der Waals surface area contributed by atoms with Gasteiger partial charge in [0, 0.05) is 13.2 Å². The van der Waals surface area contributed by atoms with E-state index in [0.717, 1.165) is 37.5 Å². The van der Waals surface area contributed by atoms with E-state index < -0.39 is 0 Å². The topological polar surface area (TPSA) is 40.5 Å². The first-order valence-corrected chi connectivity index (χ1v) is 19.3. The molecule has 0 spiro atoms. The third-order valence-electron chi connectivity index (χ3n) is 11.7. The van der Waals surface area contributed by atoms with Crippen molar-refractivity contribution in [3.8, 4) is 22.3 Å². The molecule has 254 valence electrons. The van der Waals surface area contributed by atoms with Crippen LogP contribution in [0.25, 0.3) is 22.3 Å². The Kier molecular flexibility index (Phi) is 13.0. The monoisotopic (exact) mass is 642 g/mol. The van der Waals surface area contributed by atoms with E-state index in [1.165, 1.54) is 122 Å². The molecule has 0 amide bonds. The Morgan fingerprint density at radius 2 is 0.625 bits per heavy atom. The minimum atomic E-state index is 0.356. The van der Waals surface area contributed by atoms with Crippen molar-refractivity contribution in [2.24, 2.45) is 23.7 Å². The van der Waals surface area contributed by atoms with Gasteiger partial charge in [0.15, 0.2) is 0 Å². The molecule has 2 aliphatic carbocycles. The van der Waals surface area contributed by atoms with Gasteiger partial charge in [-0.15, -0.1) is 0 Å². The Labute approximate surface area is 290 Å². The highest BCUT2D eigenvalue weighted by molar-refractivity contribution is 5.72. The summed E-state index contributed by atoms with van der Waals surface area (Å²) in [5, 5.41) is 19.4. The first kappa shape index (κ1) is 34.7. The lowest BCUT2D eigenvalue weighted by Crippen LogP contribution is -2.14. The molecule has 2 aliphatic rings. The number of rotatable bonds is 11. The van der Waals surface area contributed by atoms with Gasteiger partial charge >= 0.3 is 0 Å². The molecule has 4 aromatic rings. The van der Waals surface area contributed by atoms with Crippen molar-refractivity contribution in [1.29, 1.82) is 0 Å². The van der Waals surface area contributed by atoms with Crippen LogP contribution in [0.5, 0.6) is 0 Å². The van der Waals surface area contributed by atoms with Gasteiger partial charge in [0.25, 0.3) is 0 Å². The summed E-state index contributed by atoms with van der Waals surface area (Å²) < 4.78 is 0. The SMILES string of the molecule is OCC1CCCC(Cc2ccccc2-c2ccccc2CCc2ccccc2-c2ccccc2CC2CCCC(CO)CCC2)CCC1. The van der Waals surface area contributed by atoms with Crippen LogP contribution in [0, 0.1) is 23.7 Å². The van der Waals surface area contributed by atoms with Crippen molar-refractivity contribution in [3.05, 3.63) is 119 Å². The maximum absolute atomic E-state index is 9.68. The van der Waals surface area contributed by atoms with E-state index in [1.54, 1.807) is 0 Å². The van der Waals surface area contributed by atoms with Gasteiger partial charge in [-0.25, -0.2) is 0 Å². The third kappa shape index (κ3) is 9.27. The number of hydrogen-bond acceptors (Lipinski definition) is 2. The molecule has 0 heterocycles. The molecule has 48 heavy (non-hydrogen) atoms. The van der Waals surface area contributed by atoms with Gasteiger partial charge in [0.1, 0.15) is 0 Å². The highest BCUT2D eigenvalue weighted by Gasteiger charge is 2.21. The summed E-state index contributed by atoms with van der Waals surface area (Å²) in [5.74, 6) is 2.47. The Balaban J connectivity index is 1.18. The molecular formula is C46H58O2. The van der Waals surface area contributed by atoms with Crippen LogP contribution in [-0.2, 0) is 25.7 Å². The van der Waals surface area contributed by atoms with Gasteiger partial charge in [-0.05, 0) is 120 Å². The maximum Gasteiger partial charge on any atom is 0.0459 e. The molecule has 0 radical (unpaired) electrons. The Morgan fingerprint density at radius 3 is 0.958 bits per heavy atom. The van der Waals surface area contributed by atoms with Crippen LogP contribution in [0.15, 0.2) is 97.1 Å². The molecule has 2 heteroatoms. The smallest absolute Gasteiger partial charge is 0.0459 e. The van der Waals surface area contributed by atoms with E-state index in [9.17, 15) is 10.2 Å². The van der Waals surface area contributed by atoms with Crippen molar-refractivity contribution < 1.29 is 10.2 Å². The van der Waals surface area contributed by atoms with Crippen LogP contribution in [0.4, 0.5) is 0 Å². The zero-order chi connectivity index (χ0) is 33.0. The van der Waals surface area contributed by atoms with E-state index >= 15 is 0 Å². The molecule has 4 aromatic carbocycles. The van der Waals surface area contributed by atoms with Crippen LogP contribution in [-0.4, -0.2) is 23.4 Å². The zero-order valence-electron chi connectivity index (χ0n) is 29.2. The zero-order valence-corrected chi connectivity index (χ0v) is 29.2. The minimum Gasteiger partial charge on any atom is -0.396 e. The molecular weight excluding hydrogens is 585 g/mol. The predicted molar refractivity (Wildman–Crippen MR) is 202 cm³/mol. The minimum absolute atomic E-state index is 0.356. The van der Waals surface area contributed by atoms with Crippen LogP contribution in [0.3, 0.4) is 0 Å². The van der Waals surface area contributed by atoms with Crippen molar-refractivity contribution in [1.82, 2.24) is 0 Å². The largest absolute Gasteiger partial charge is 0.396 e. The van der Waals surface area contributed by atoms with Gasteiger partial charge < -0.3 is 10.2 Å². The molecule has 2 N–H and O–H groups in total. The summed E-state index contributed by atoms with van der Waals surface area (Å²) in [6, 6.07) is 36.6. The second kappa shape index (κ2) is 18.0.